The molecule has 0 atom stereocenters. The zero-order valence-electron chi connectivity index (χ0n) is 7.68. The molecule has 0 saturated carbocycles. The van der Waals surface area contributed by atoms with Crippen molar-refractivity contribution in [1.82, 2.24) is 0 Å². The van der Waals surface area contributed by atoms with Crippen molar-refractivity contribution < 1.29 is 14.3 Å². The molecule has 0 heterocycles. The smallest absolute Gasteiger partial charge is 0.303 e. The van der Waals surface area contributed by atoms with Gasteiger partial charge in [-0.1, -0.05) is 6.07 Å². The molecular weight excluding hydrogens is 251 g/mol. The minimum atomic E-state index is -0.874. The van der Waals surface area contributed by atoms with Crippen molar-refractivity contribution in [2.24, 2.45) is 0 Å². The van der Waals surface area contributed by atoms with Crippen LogP contribution in [0, 0.1) is 12.7 Å². The van der Waals surface area contributed by atoms with Gasteiger partial charge in [-0.05, 0) is 46.5 Å². The Morgan fingerprint density at radius 3 is 2.79 bits per heavy atom. The molecule has 0 unspecified atom stereocenters. The molecule has 0 bridgehead atoms. The number of halogens is 2. The molecule has 0 aliphatic carbocycles. The summed E-state index contributed by atoms with van der Waals surface area (Å²) in [5.41, 5.74) is 1.63. The third-order valence-corrected chi connectivity index (χ3v) is 2.88. The highest BCUT2D eigenvalue weighted by Crippen LogP contribution is 2.24. The zero-order valence-corrected chi connectivity index (χ0v) is 9.27. The Morgan fingerprint density at radius 1 is 1.57 bits per heavy atom. The Balaban J connectivity index is 2.95. The maximum atomic E-state index is 13.1. The first-order valence-electron chi connectivity index (χ1n) is 4.17. The van der Waals surface area contributed by atoms with E-state index in [1.807, 2.05) is 6.92 Å². The summed E-state index contributed by atoms with van der Waals surface area (Å²) in [6, 6.07) is 3.01. The number of aryl methyl sites for hydroxylation is 1. The number of rotatable bonds is 3. The molecule has 76 valence electrons. The zero-order chi connectivity index (χ0) is 10.7. The summed E-state index contributed by atoms with van der Waals surface area (Å²) in [6.07, 6.45) is 0.363. The predicted octanol–water partition coefficient (Wildman–Crippen LogP) is 2.91. The van der Waals surface area contributed by atoms with Gasteiger partial charge >= 0.3 is 5.97 Å². The molecule has 1 rings (SSSR count). The number of hydrogen-bond acceptors (Lipinski definition) is 1. The van der Waals surface area contributed by atoms with Gasteiger partial charge in [0.1, 0.15) is 5.82 Å². The number of benzene rings is 1. The van der Waals surface area contributed by atoms with Crippen LogP contribution in [-0.4, -0.2) is 11.1 Å². The minimum absolute atomic E-state index is 0.0168. The number of carboxylic acids is 1. The van der Waals surface area contributed by atoms with Gasteiger partial charge in [0, 0.05) is 6.42 Å². The molecule has 0 aliphatic heterocycles. The predicted molar refractivity (Wildman–Crippen MR) is 54.8 cm³/mol. The second kappa shape index (κ2) is 4.55. The molecule has 2 nitrogen and oxygen atoms in total. The first-order valence-corrected chi connectivity index (χ1v) is 4.97. The fourth-order valence-electron chi connectivity index (χ4n) is 1.23. The van der Waals surface area contributed by atoms with Crippen molar-refractivity contribution in [3.8, 4) is 0 Å². The van der Waals surface area contributed by atoms with E-state index in [2.05, 4.69) is 15.9 Å². The molecule has 0 aromatic heterocycles. The summed E-state index contributed by atoms with van der Waals surface area (Å²) in [4.78, 5) is 10.4. The van der Waals surface area contributed by atoms with Gasteiger partial charge in [0.05, 0.1) is 4.47 Å². The van der Waals surface area contributed by atoms with Crippen LogP contribution in [0.3, 0.4) is 0 Å². The lowest BCUT2D eigenvalue weighted by Crippen LogP contribution is -2.00. The fraction of sp³-hybridized carbons (Fsp3) is 0.300. The third kappa shape index (κ3) is 2.54. The van der Waals surface area contributed by atoms with Crippen molar-refractivity contribution in [2.75, 3.05) is 0 Å². The summed E-state index contributed by atoms with van der Waals surface area (Å²) in [6.45, 7) is 1.83. The van der Waals surface area contributed by atoms with Crippen molar-refractivity contribution in [3.63, 3.8) is 0 Å². The standard InChI is InChI=1S/C10H10BrFO2/c1-6-2-4-8(12)10(11)7(6)3-5-9(13)14/h2,4H,3,5H2,1H3,(H,13,14). The fourth-order valence-corrected chi connectivity index (χ4v) is 1.87. The molecule has 0 aliphatic rings. The molecule has 0 saturated heterocycles. The summed E-state index contributed by atoms with van der Waals surface area (Å²) in [5, 5.41) is 8.52. The summed E-state index contributed by atoms with van der Waals surface area (Å²) >= 11 is 3.11. The van der Waals surface area contributed by atoms with Crippen molar-refractivity contribution >= 4 is 21.9 Å². The molecule has 1 aromatic rings. The van der Waals surface area contributed by atoms with Crippen molar-refractivity contribution in [1.29, 1.82) is 0 Å². The number of carboxylic acid groups (broad SMARTS) is 1. The maximum absolute atomic E-state index is 13.1. The van der Waals surface area contributed by atoms with Gasteiger partial charge in [-0.2, -0.15) is 0 Å². The number of aliphatic carboxylic acids is 1. The molecule has 0 radical (unpaired) electrons. The van der Waals surface area contributed by atoms with Crippen LogP contribution >= 0.6 is 15.9 Å². The van der Waals surface area contributed by atoms with E-state index in [1.54, 1.807) is 6.07 Å². The Morgan fingerprint density at radius 2 is 2.21 bits per heavy atom. The van der Waals surface area contributed by atoms with Crippen LogP contribution in [0.4, 0.5) is 4.39 Å². The molecule has 1 N–H and O–H groups in total. The monoisotopic (exact) mass is 260 g/mol. The summed E-state index contributed by atoms with van der Waals surface area (Å²) < 4.78 is 13.5. The molecule has 0 amide bonds. The van der Waals surface area contributed by atoms with E-state index in [0.29, 0.717) is 10.9 Å². The van der Waals surface area contributed by atoms with Gasteiger partial charge in [0.25, 0.3) is 0 Å². The van der Waals surface area contributed by atoms with Gasteiger partial charge < -0.3 is 5.11 Å². The third-order valence-electron chi connectivity index (χ3n) is 2.02. The SMILES string of the molecule is Cc1ccc(F)c(Br)c1CCC(=O)O. The Labute approximate surface area is 89.9 Å². The summed E-state index contributed by atoms with van der Waals surface area (Å²) in [5.74, 6) is -1.23. The van der Waals surface area contributed by atoms with Crippen molar-refractivity contribution in [2.45, 2.75) is 19.8 Å². The molecular formula is C10H10BrFO2. The maximum Gasteiger partial charge on any atom is 0.303 e. The highest BCUT2D eigenvalue weighted by Gasteiger charge is 2.09. The number of carbonyl (C=O) groups is 1. The first kappa shape index (κ1) is 11.2. The second-order valence-electron chi connectivity index (χ2n) is 3.05. The molecule has 0 spiro atoms. The van der Waals surface area contributed by atoms with E-state index in [9.17, 15) is 9.18 Å². The van der Waals surface area contributed by atoms with Crippen LogP contribution in [0.2, 0.25) is 0 Å². The molecule has 14 heavy (non-hydrogen) atoms. The van der Waals surface area contributed by atoms with Gasteiger partial charge in [-0.25, -0.2) is 4.39 Å². The Kier molecular flexibility index (Phi) is 3.63. The molecule has 0 fully saturated rings. The summed E-state index contributed by atoms with van der Waals surface area (Å²) in [7, 11) is 0. The van der Waals surface area contributed by atoms with Crippen LogP contribution < -0.4 is 0 Å². The Hall–Kier alpha value is -0.900. The van der Waals surface area contributed by atoms with Gasteiger partial charge in [0.15, 0.2) is 0 Å². The van der Waals surface area contributed by atoms with Gasteiger partial charge in [-0.15, -0.1) is 0 Å². The first-order chi connectivity index (χ1) is 6.52. The minimum Gasteiger partial charge on any atom is -0.481 e. The van der Waals surface area contributed by atoms with E-state index in [-0.39, 0.29) is 12.2 Å². The molecule has 4 heteroatoms. The van der Waals surface area contributed by atoms with Gasteiger partial charge in [0.2, 0.25) is 0 Å². The highest BCUT2D eigenvalue weighted by molar-refractivity contribution is 9.10. The van der Waals surface area contributed by atoms with Crippen molar-refractivity contribution in [3.05, 3.63) is 33.5 Å². The van der Waals surface area contributed by atoms with E-state index >= 15 is 0 Å². The largest absolute Gasteiger partial charge is 0.481 e. The lowest BCUT2D eigenvalue weighted by molar-refractivity contribution is -0.136. The lowest BCUT2D eigenvalue weighted by Gasteiger charge is -2.07. The average molecular weight is 261 g/mol. The van der Waals surface area contributed by atoms with E-state index in [1.165, 1.54) is 6.07 Å². The normalized spacial score (nSPS) is 10.2. The average Bonchev–Trinajstić information content (AvgIpc) is 2.11. The quantitative estimate of drug-likeness (QED) is 0.908. The Bertz CT molecular complexity index is 363. The highest BCUT2D eigenvalue weighted by atomic mass is 79.9. The van der Waals surface area contributed by atoms with Gasteiger partial charge in [-0.3, -0.25) is 4.79 Å². The van der Waals surface area contributed by atoms with E-state index in [0.717, 1.165) is 11.1 Å². The number of hydrogen-bond donors (Lipinski definition) is 1. The topological polar surface area (TPSA) is 37.3 Å². The molecule has 1 aromatic carbocycles. The van der Waals surface area contributed by atoms with Crippen LogP contribution in [0.5, 0.6) is 0 Å². The van der Waals surface area contributed by atoms with Crippen LogP contribution in [0.25, 0.3) is 0 Å². The van der Waals surface area contributed by atoms with Crippen LogP contribution in [-0.2, 0) is 11.2 Å². The van der Waals surface area contributed by atoms with E-state index < -0.39 is 5.97 Å². The second-order valence-corrected chi connectivity index (χ2v) is 3.84. The van der Waals surface area contributed by atoms with E-state index in [4.69, 9.17) is 5.11 Å². The lowest BCUT2D eigenvalue weighted by atomic mass is 10.0. The van der Waals surface area contributed by atoms with Crippen LogP contribution in [0.1, 0.15) is 17.5 Å². The van der Waals surface area contributed by atoms with Crippen LogP contribution in [0.15, 0.2) is 16.6 Å².